The zero-order valence-electron chi connectivity index (χ0n) is 12.3. The van der Waals surface area contributed by atoms with E-state index in [0.29, 0.717) is 12.5 Å². The van der Waals surface area contributed by atoms with Crippen molar-refractivity contribution in [2.24, 2.45) is 5.92 Å². The summed E-state index contributed by atoms with van der Waals surface area (Å²) in [7, 11) is 0. The highest BCUT2D eigenvalue weighted by Gasteiger charge is 2.46. The molecule has 0 amide bonds. The van der Waals surface area contributed by atoms with Crippen LogP contribution in [0.15, 0.2) is 30.3 Å². The second-order valence-corrected chi connectivity index (χ2v) is 6.56. The Morgan fingerprint density at radius 1 is 1.32 bits per heavy atom. The van der Waals surface area contributed by atoms with E-state index in [4.69, 9.17) is 4.74 Å². The normalized spacial score (nSPS) is 30.5. The summed E-state index contributed by atoms with van der Waals surface area (Å²) in [5, 5.41) is 14.5. The molecule has 1 saturated heterocycles. The van der Waals surface area contributed by atoms with Crippen molar-refractivity contribution in [1.29, 1.82) is 0 Å². The molecule has 0 unspecified atom stereocenters. The van der Waals surface area contributed by atoms with Crippen molar-refractivity contribution in [2.45, 2.75) is 51.5 Å². The molecular formula is C16H25NO2. The Bertz CT molecular complexity index is 416. The largest absolute Gasteiger partial charge is 0.361 e. The Labute approximate surface area is 116 Å². The predicted molar refractivity (Wildman–Crippen MR) is 76.7 cm³/mol. The molecule has 0 spiro atoms. The van der Waals surface area contributed by atoms with Crippen LogP contribution in [0, 0.1) is 5.92 Å². The van der Waals surface area contributed by atoms with Gasteiger partial charge in [0.1, 0.15) is 0 Å². The van der Waals surface area contributed by atoms with Crippen molar-refractivity contribution in [2.75, 3.05) is 6.61 Å². The van der Waals surface area contributed by atoms with Gasteiger partial charge in [0.15, 0.2) is 0 Å². The summed E-state index contributed by atoms with van der Waals surface area (Å²) in [4.78, 5) is 0. The summed E-state index contributed by atoms with van der Waals surface area (Å²) < 4.78 is 5.87. The van der Waals surface area contributed by atoms with Crippen LogP contribution < -0.4 is 5.32 Å². The lowest BCUT2D eigenvalue weighted by atomic mass is 9.87. The number of aliphatic hydroxyl groups is 1. The van der Waals surface area contributed by atoms with E-state index < -0.39 is 5.79 Å². The summed E-state index contributed by atoms with van der Waals surface area (Å²) in [6, 6.07) is 9.57. The molecule has 1 aliphatic heterocycles. The number of ether oxygens (including phenoxy) is 1. The van der Waals surface area contributed by atoms with E-state index in [1.54, 1.807) is 0 Å². The van der Waals surface area contributed by atoms with Gasteiger partial charge in [-0.25, -0.2) is 0 Å². The van der Waals surface area contributed by atoms with Gasteiger partial charge in [-0.1, -0.05) is 44.2 Å². The number of rotatable bonds is 3. The molecule has 0 aromatic heterocycles. The molecule has 2 N–H and O–H groups in total. The molecule has 3 heteroatoms. The van der Waals surface area contributed by atoms with E-state index in [1.165, 1.54) is 0 Å². The van der Waals surface area contributed by atoms with Crippen LogP contribution >= 0.6 is 0 Å². The molecule has 19 heavy (non-hydrogen) atoms. The zero-order chi connectivity index (χ0) is 14.1. The first-order valence-electron chi connectivity index (χ1n) is 7.03. The Morgan fingerprint density at radius 2 is 1.95 bits per heavy atom. The van der Waals surface area contributed by atoms with Crippen molar-refractivity contribution < 1.29 is 9.84 Å². The average Bonchev–Trinajstić information content (AvgIpc) is 2.34. The van der Waals surface area contributed by atoms with Crippen molar-refractivity contribution >= 4 is 0 Å². The molecule has 1 aromatic rings. The van der Waals surface area contributed by atoms with Crippen LogP contribution in [0.4, 0.5) is 0 Å². The minimum absolute atomic E-state index is 0.0985. The maximum absolute atomic E-state index is 11.0. The van der Waals surface area contributed by atoms with Gasteiger partial charge in [-0.2, -0.15) is 0 Å². The number of morpholine rings is 1. The van der Waals surface area contributed by atoms with Crippen LogP contribution in [0.5, 0.6) is 0 Å². The fraction of sp³-hybridized carbons (Fsp3) is 0.625. The SMILES string of the molecule is CC(C)C[C@@H]1NC(C)(C)CO[C@@]1(O)c1ccccc1. The number of hydrogen-bond acceptors (Lipinski definition) is 3. The third-order valence-electron chi connectivity index (χ3n) is 3.58. The third-order valence-corrected chi connectivity index (χ3v) is 3.58. The van der Waals surface area contributed by atoms with Gasteiger partial charge >= 0.3 is 0 Å². The Balaban J connectivity index is 2.31. The zero-order valence-corrected chi connectivity index (χ0v) is 12.3. The number of nitrogens with one attached hydrogen (secondary N) is 1. The highest BCUT2D eigenvalue weighted by molar-refractivity contribution is 5.23. The average molecular weight is 263 g/mol. The second kappa shape index (κ2) is 5.23. The topological polar surface area (TPSA) is 41.5 Å². The molecule has 1 aromatic carbocycles. The van der Waals surface area contributed by atoms with Crippen molar-refractivity contribution in [3.05, 3.63) is 35.9 Å². The van der Waals surface area contributed by atoms with Crippen LogP contribution in [0.3, 0.4) is 0 Å². The van der Waals surface area contributed by atoms with Crippen LogP contribution in [-0.4, -0.2) is 23.3 Å². The Morgan fingerprint density at radius 3 is 2.53 bits per heavy atom. The van der Waals surface area contributed by atoms with Gasteiger partial charge in [-0.15, -0.1) is 0 Å². The molecule has 1 heterocycles. The second-order valence-electron chi connectivity index (χ2n) is 6.56. The first kappa shape index (κ1) is 14.5. The summed E-state index contributed by atoms with van der Waals surface area (Å²) in [5.41, 5.74) is 0.712. The molecule has 2 atom stereocenters. The minimum atomic E-state index is -1.24. The number of hydrogen-bond donors (Lipinski definition) is 2. The van der Waals surface area contributed by atoms with Gasteiger partial charge in [0.05, 0.1) is 12.6 Å². The van der Waals surface area contributed by atoms with Crippen molar-refractivity contribution in [3.8, 4) is 0 Å². The minimum Gasteiger partial charge on any atom is -0.361 e. The molecule has 106 valence electrons. The predicted octanol–water partition coefficient (Wildman–Crippen LogP) is 2.64. The van der Waals surface area contributed by atoms with Gasteiger partial charge in [0, 0.05) is 11.1 Å². The molecule has 0 saturated carbocycles. The molecule has 0 radical (unpaired) electrons. The highest BCUT2D eigenvalue weighted by Crippen LogP contribution is 2.35. The Hall–Kier alpha value is -0.900. The third kappa shape index (κ3) is 3.16. The standard InChI is InChI=1S/C16H25NO2/c1-12(2)10-14-16(18,13-8-6-5-7-9-13)19-11-15(3,4)17-14/h5-9,12,14,17-18H,10-11H2,1-4H3/t14-,16-/m0/s1. The fourth-order valence-corrected chi connectivity index (χ4v) is 2.65. The van der Waals surface area contributed by atoms with Crippen molar-refractivity contribution in [1.82, 2.24) is 5.32 Å². The summed E-state index contributed by atoms with van der Waals surface area (Å²) in [6.45, 7) is 9.02. The quantitative estimate of drug-likeness (QED) is 0.881. The lowest BCUT2D eigenvalue weighted by molar-refractivity contribution is -0.269. The molecular weight excluding hydrogens is 238 g/mol. The molecule has 1 aliphatic rings. The Kier molecular flexibility index (Phi) is 4.00. The van der Waals surface area contributed by atoms with Gasteiger partial charge in [0.2, 0.25) is 5.79 Å². The lowest BCUT2D eigenvalue weighted by Gasteiger charge is -2.48. The molecule has 3 nitrogen and oxygen atoms in total. The van der Waals surface area contributed by atoms with E-state index in [-0.39, 0.29) is 11.6 Å². The maximum Gasteiger partial charge on any atom is 0.208 e. The van der Waals surface area contributed by atoms with Crippen LogP contribution in [0.1, 0.15) is 39.7 Å². The molecule has 1 fully saturated rings. The van der Waals surface area contributed by atoms with Crippen LogP contribution in [-0.2, 0) is 10.5 Å². The van der Waals surface area contributed by atoms with Crippen molar-refractivity contribution in [3.63, 3.8) is 0 Å². The van der Waals surface area contributed by atoms with Gasteiger partial charge in [0.25, 0.3) is 0 Å². The van der Waals surface area contributed by atoms with Gasteiger partial charge in [-0.05, 0) is 26.2 Å². The summed E-state index contributed by atoms with van der Waals surface area (Å²) in [6.07, 6.45) is 0.870. The van der Waals surface area contributed by atoms with E-state index in [9.17, 15) is 5.11 Å². The van der Waals surface area contributed by atoms with Crippen LogP contribution in [0.2, 0.25) is 0 Å². The van der Waals surface area contributed by atoms with E-state index in [0.717, 1.165) is 12.0 Å². The first-order valence-corrected chi connectivity index (χ1v) is 7.03. The van der Waals surface area contributed by atoms with Gasteiger partial charge in [-0.3, -0.25) is 0 Å². The molecule has 2 rings (SSSR count). The lowest BCUT2D eigenvalue weighted by Crippen LogP contribution is -2.64. The highest BCUT2D eigenvalue weighted by atomic mass is 16.6. The monoisotopic (exact) mass is 263 g/mol. The first-order chi connectivity index (χ1) is 8.83. The van der Waals surface area contributed by atoms with Crippen LogP contribution in [0.25, 0.3) is 0 Å². The van der Waals surface area contributed by atoms with E-state index >= 15 is 0 Å². The van der Waals surface area contributed by atoms with Gasteiger partial charge < -0.3 is 15.2 Å². The molecule has 0 aliphatic carbocycles. The fourth-order valence-electron chi connectivity index (χ4n) is 2.65. The van der Waals surface area contributed by atoms with E-state index in [2.05, 4.69) is 33.0 Å². The summed E-state index contributed by atoms with van der Waals surface area (Å²) >= 11 is 0. The smallest absolute Gasteiger partial charge is 0.208 e. The maximum atomic E-state index is 11.0. The van der Waals surface area contributed by atoms with E-state index in [1.807, 2.05) is 30.3 Å². The number of benzene rings is 1. The molecule has 0 bridgehead atoms. The summed E-state index contributed by atoms with van der Waals surface area (Å²) in [5.74, 6) is -0.744.